The standard InChI is InChI=1S/C12H18N4O3/c1-8(2-5-11(17)18)6-7-14-10-4-3-9(12(13)19)15-16-10/h3-4,8H,2,5-7H2,1H3,(H2,13,19)(H,14,16)(H,17,18). The van der Waals surface area contributed by atoms with Crippen molar-refractivity contribution in [2.75, 3.05) is 11.9 Å². The van der Waals surface area contributed by atoms with Gasteiger partial charge >= 0.3 is 5.97 Å². The minimum atomic E-state index is -0.771. The molecule has 0 aliphatic carbocycles. The van der Waals surface area contributed by atoms with Crippen molar-refractivity contribution in [2.24, 2.45) is 11.7 Å². The predicted octanol–water partition coefficient (Wildman–Crippen LogP) is 0.878. The van der Waals surface area contributed by atoms with Crippen LogP contribution in [0.1, 0.15) is 36.7 Å². The topological polar surface area (TPSA) is 118 Å². The van der Waals surface area contributed by atoms with E-state index in [9.17, 15) is 9.59 Å². The highest BCUT2D eigenvalue weighted by Gasteiger charge is 2.06. The van der Waals surface area contributed by atoms with Crippen molar-refractivity contribution in [3.05, 3.63) is 17.8 Å². The maximum absolute atomic E-state index is 10.8. The number of carbonyl (C=O) groups excluding carboxylic acids is 1. The smallest absolute Gasteiger partial charge is 0.303 e. The second kappa shape index (κ2) is 7.30. The maximum atomic E-state index is 10.8. The Morgan fingerprint density at radius 2 is 2.11 bits per heavy atom. The summed E-state index contributed by atoms with van der Waals surface area (Å²) in [4.78, 5) is 21.2. The summed E-state index contributed by atoms with van der Waals surface area (Å²) in [5.74, 6) is -0.494. The molecule has 0 saturated carbocycles. The van der Waals surface area contributed by atoms with E-state index in [-0.39, 0.29) is 12.1 Å². The Bertz CT molecular complexity index is 433. The fourth-order valence-electron chi connectivity index (χ4n) is 1.52. The number of nitrogens with two attached hydrogens (primary N) is 1. The number of carboxylic acid groups (broad SMARTS) is 1. The lowest BCUT2D eigenvalue weighted by atomic mass is 10.0. The van der Waals surface area contributed by atoms with Crippen LogP contribution in [-0.2, 0) is 4.79 Å². The molecule has 7 heteroatoms. The molecular formula is C12H18N4O3. The van der Waals surface area contributed by atoms with Gasteiger partial charge in [-0.25, -0.2) is 0 Å². The molecule has 0 aliphatic rings. The molecular weight excluding hydrogens is 248 g/mol. The van der Waals surface area contributed by atoms with Gasteiger partial charge in [0.25, 0.3) is 5.91 Å². The minimum Gasteiger partial charge on any atom is -0.481 e. The third-order valence-electron chi connectivity index (χ3n) is 2.71. The molecule has 19 heavy (non-hydrogen) atoms. The van der Waals surface area contributed by atoms with Crippen molar-refractivity contribution in [3.63, 3.8) is 0 Å². The van der Waals surface area contributed by atoms with E-state index >= 15 is 0 Å². The molecule has 1 aromatic heterocycles. The summed E-state index contributed by atoms with van der Waals surface area (Å²) in [6.07, 6.45) is 1.68. The molecule has 0 bridgehead atoms. The molecule has 1 aromatic rings. The average molecular weight is 266 g/mol. The molecule has 0 radical (unpaired) electrons. The molecule has 1 heterocycles. The van der Waals surface area contributed by atoms with Crippen LogP contribution in [0.5, 0.6) is 0 Å². The number of primary amides is 1. The molecule has 0 saturated heterocycles. The van der Waals surface area contributed by atoms with Gasteiger partial charge < -0.3 is 16.2 Å². The minimum absolute atomic E-state index is 0.125. The molecule has 104 valence electrons. The fraction of sp³-hybridized carbons (Fsp3) is 0.500. The Morgan fingerprint density at radius 3 is 2.63 bits per heavy atom. The molecule has 1 rings (SSSR count). The number of nitrogens with one attached hydrogen (secondary N) is 1. The lowest BCUT2D eigenvalue weighted by Crippen LogP contribution is -2.15. The third kappa shape index (κ3) is 5.80. The molecule has 7 nitrogen and oxygen atoms in total. The first kappa shape index (κ1) is 14.9. The number of hydrogen-bond donors (Lipinski definition) is 3. The molecule has 4 N–H and O–H groups in total. The summed E-state index contributed by atoms with van der Waals surface area (Å²) in [5, 5.41) is 19.1. The van der Waals surface area contributed by atoms with Crippen LogP contribution in [0, 0.1) is 5.92 Å². The van der Waals surface area contributed by atoms with Gasteiger partial charge in [0, 0.05) is 13.0 Å². The van der Waals surface area contributed by atoms with E-state index in [4.69, 9.17) is 10.8 Å². The number of anilines is 1. The van der Waals surface area contributed by atoms with Gasteiger partial charge in [-0.3, -0.25) is 9.59 Å². The molecule has 0 aliphatic heterocycles. The first-order chi connectivity index (χ1) is 8.99. The molecule has 1 amide bonds. The number of carboxylic acids is 1. The van der Waals surface area contributed by atoms with Crippen LogP contribution in [-0.4, -0.2) is 33.7 Å². The van der Waals surface area contributed by atoms with E-state index in [0.29, 0.717) is 24.7 Å². The van der Waals surface area contributed by atoms with E-state index in [1.54, 1.807) is 6.07 Å². The van der Waals surface area contributed by atoms with Gasteiger partial charge in [-0.05, 0) is 30.9 Å². The first-order valence-electron chi connectivity index (χ1n) is 6.08. The number of rotatable bonds is 8. The Morgan fingerprint density at radius 1 is 1.37 bits per heavy atom. The van der Waals surface area contributed by atoms with Crippen molar-refractivity contribution in [1.29, 1.82) is 0 Å². The number of hydrogen-bond acceptors (Lipinski definition) is 5. The number of amides is 1. The van der Waals surface area contributed by atoms with Crippen LogP contribution in [0.3, 0.4) is 0 Å². The quantitative estimate of drug-likeness (QED) is 0.642. The Labute approximate surface area is 111 Å². The van der Waals surface area contributed by atoms with Gasteiger partial charge in [0.15, 0.2) is 5.69 Å². The van der Waals surface area contributed by atoms with Crippen molar-refractivity contribution in [3.8, 4) is 0 Å². The number of aliphatic carboxylic acids is 1. The predicted molar refractivity (Wildman–Crippen MR) is 69.7 cm³/mol. The summed E-state index contributed by atoms with van der Waals surface area (Å²) >= 11 is 0. The van der Waals surface area contributed by atoms with E-state index in [2.05, 4.69) is 15.5 Å². The zero-order valence-electron chi connectivity index (χ0n) is 10.8. The summed E-state index contributed by atoms with van der Waals surface area (Å²) < 4.78 is 0. The lowest BCUT2D eigenvalue weighted by Gasteiger charge is -2.10. The Kier molecular flexibility index (Phi) is 5.72. The highest BCUT2D eigenvalue weighted by Crippen LogP contribution is 2.10. The molecule has 1 unspecified atom stereocenters. The monoisotopic (exact) mass is 266 g/mol. The zero-order valence-corrected chi connectivity index (χ0v) is 10.8. The van der Waals surface area contributed by atoms with Gasteiger partial charge in [-0.15, -0.1) is 10.2 Å². The fourth-order valence-corrected chi connectivity index (χ4v) is 1.52. The summed E-state index contributed by atoms with van der Waals surface area (Å²) in [6.45, 7) is 2.68. The summed E-state index contributed by atoms with van der Waals surface area (Å²) in [5.41, 5.74) is 5.18. The van der Waals surface area contributed by atoms with Gasteiger partial charge in [0.2, 0.25) is 0 Å². The van der Waals surface area contributed by atoms with E-state index in [0.717, 1.165) is 6.42 Å². The molecule has 0 aromatic carbocycles. The Hall–Kier alpha value is -2.18. The second-order valence-corrected chi connectivity index (χ2v) is 4.42. The first-order valence-corrected chi connectivity index (χ1v) is 6.08. The summed E-state index contributed by atoms with van der Waals surface area (Å²) in [7, 11) is 0. The maximum Gasteiger partial charge on any atom is 0.303 e. The van der Waals surface area contributed by atoms with Crippen LogP contribution in [0.15, 0.2) is 12.1 Å². The van der Waals surface area contributed by atoms with E-state index in [1.807, 2.05) is 6.92 Å². The third-order valence-corrected chi connectivity index (χ3v) is 2.71. The van der Waals surface area contributed by atoms with E-state index in [1.165, 1.54) is 6.07 Å². The van der Waals surface area contributed by atoms with Crippen molar-refractivity contribution >= 4 is 17.7 Å². The van der Waals surface area contributed by atoms with Crippen LogP contribution in [0.2, 0.25) is 0 Å². The summed E-state index contributed by atoms with van der Waals surface area (Å²) in [6, 6.07) is 3.14. The molecule has 1 atom stereocenters. The van der Waals surface area contributed by atoms with Crippen LogP contribution in [0.4, 0.5) is 5.82 Å². The van der Waals surface area contributed by atoms with Crippen LogP contribution >= 0.6 is 0 Å². The van der Waals surface area contributed by atoms with Crippen LogP contribution < -0.4 is 11.1 Å². The highest BCUT2D eigenvalue weighted by atomic mass is 16.4. The van der Waals surface area contributed by atoms with E-state index < -0.39 is 11.9 Å². The molecule has 0 spiro atoms. The van der Waals surface area contributed by atoms with Gasteiger partial charge in [-0.1, -0.05) is 6.92 Å². The number of nitrogens with zero attached hydrogens (tertiary/aromatic N) is 2. The highest BCUT2D eigenvalue weighted by molar-refractivity contribution is 5.90. The Balaban J connectivity index is 2.29. The number of aromatic nitrogens is 2. The van der Waals surface area contributed by atoms with Gasteiger partial charge in [-0.2, -0.15) is 0 Å². The van der Waals surface area contributed by atoms with Crippen molar-refractivity contribution in [1.82, 2.24) is 10.2 Å². The average Bonchev–Trinajstić information content (AvgIpc) is 2.37. The second-order valence-electron chi connectivity index (χ2n) is 4.42. The van der Waals surface area contributed by atoms with Gasteiger partial charge in [0.1, 0.15) is 5.82 Å². The van der Waals surface area contributed by atoms with Crippen molar-refractivity contribution < 1.29 is 14.7 Å². The SMILES string of the molecule is CC(CCNc1ccc(C(N)=O)nn1)CCC(=O)O. The lowest BCUT2D eigenvalue weighted by molar-refractivity contribution is -0.137. The normalized spacial score (nSPS) is 11.8. The van der Waals surface area contributed by atoms with Gasteiger partial charge in [0.05, 0.1) is 0 Å². The molecule has 0 fully saturated rings. The van der Waals surface area contributed by atoms with Crippen molar-refractivity contribution in [2.45, 2.75) is 26.2 Å². The van der Waals surface area contributed by atoms with Crippen LogP contribution in [0.25, 0.3) is 0 Å². The largest absolute Gasteiger partial charge is 0.481 e. The number of carbonyl (C=O) groups is 2. The zero-order chi connectivity index (χ0) is 14.3.